The van der Waals surface area contributed by atoms with Crippen LogP contribution in [0.2, 0.25) is 0 Å². The standard InChI is InChI=1S/C23H27NOS/c1-16-8-9-21-20(14-16)22(17-10-12-24(3)13-11-17)23(2,26-21)18-6-5-7-19(15-18)25-4/h5-9,14-15H,10-13H2,1-4H3/t23-/m1/s1. The third-order valence-corrected chi connectivity index (χ3v) is 7.18. The second-order valence-corrected chi connectivity index (χ2v) is 9.11. The monoisotopic (exact) mass is 365 g/mol. The van der Waals surface area contributed by atoms with Gasteiger partial charge in [0.05, 0.1) is 11.9 Å². The third kappa shape index (κ3) is 2.97. The van der Waals surface area contributed by atoms with Gasteiger partial charge in [0.1, 0.15) is 5.75 Å². The first-order chi connectivity index (χ1) is 12.5. The van der Waals surface area contributed by atoms with Crippen LogP contribution in [0.15, 0.2) is 52.9 Å². The molecule has 0 N–H and O–H groups in total. The number of rotatable bonds is 2. The zero-order chi connectivity index (χ0) is 18.3. The van der Waals surface area contributed by atoms with E-state index in [0.29, 0.717) is 0 Å². The largest absolute Gasteiger partial charge is 0.497 e. The maximum atomic E-state index is 5.52. The quantitative estimate of drug-likeness (QED) is 0.697. The molecule has 2 aromatic carbocycles. The summed E-state index contributed by atoms with van der Waals surface area (Å²) >= 11 is 1.99. The van der Waals surface area contributed by atoms with Gasteiger partial charge < -0.3 is 9.64 Å². The summed E-state index contributed by atoms with van der Waals surface area (Å²) in [5.74, 6) is 0.934. The summed E-state index contributed by atoms with van der Waals surface area (Å²) in [6, 6.07) is 15.5. The van der Waals surface area contributed by atoms with Gasteiger partial charge in [-0.25, -0.2) is 0 Å². The second kappa shape index (κ2) is 6.79. The summed E-state index contributed by atoms with van der Waals surface area (Å²) in [6.45, 7) is 6.89. The van der Waals surface area contributed by atoms with Crippen LogP contribution in [-0.4, -0.2) is 32.1 Å². The summed E-state index contributed by atoms with van der Waals surface area (Å²) in [5, 5.41) is 0. The molecule has 4 rings (SSSR count). The minimum atomic E-state index is -0.0596. The van der Waals surface area contributed by atoms with Gasteiger partial charge in [0.2, 0.25) is 0 Å². The van der Waals surface area contributed by atoms with Crippen molar-refractivity contribution < 1.29 is 4.74 Å². The van der Waals surface area contributed by atoms with Crippen LogP contribution in [0, 0.1) is 6.92 Å². The molecule has 0 amide bonds. The van der Waals surface area contributed by atoms with Crippen LogP contribution >= 0.6 is 11.8 Å². The molecule has 136 valence electrons. The summed E-state index contributed by atoms with van der Waals surface area (Å²) in [6.07, 6.45) is 2.33. The fourth-order valence-corrected chi connectivity index (χ4v) is 5.69. The molecule has 2 aliphatic rings. The highest BCUT2D eigenvalue weighted by atomic mass is 32.2. The summed E-state index contributed by atoms with van der Waals surface area (Å²) in [5.41, 5.74) is 7.29. The molecule has 2 aromatic rings. The Morgan fingerprint density at radius 1 is 1.08 bits per heavy atom. The average Bonchev–Trinajstić information content (AvgIpc) is 2.95. The Labute approximate surface area is 161 Å². The predicted molar refractivity (Wildman–Crippen MR) is 111 cm³/mol. The first-order valence-corrected chi connectivity index (χ1v) is 10.2. The molecule has 0 spiro atoms. The van der Waals surface area contributed by atoms with Crippen molar-refractivity contribution in [2.45, 2.75) is 36.3 Å². The van der Waals surface area contributed by atoms with Crippen molar-refractivity contribution in [3.8, 4) is 5.75 Å². The number of aryl methyl sites for hydroxylation is 1. The number of likely N-dealkylation sites (tertiary alicyclic amines) is 1. The van der Waals surface area contributed by atoms with E-state index in [2.05, 4.69) is 62.2 Å². The molecule has 2 aliphatic heterocycles. The lowest BCUT2D eigenvalue weighted by Crippen LogP contribution is -2.28. The van der Waals surface area contributed by atoms with E-state index < -0.39 is 0 Å². The zero-order valence-corrected chi connectivity index (χ0v) is 17.0. The van der Waals surface area contributed by atoms with E-state index in [0.717, 1.165) is 18.8 Å². The van der Waals surface area contributed by atoms with E-state index in [9.17, 15) is 0 Å². The van der Waals surface area contributed by atoms with Gasteiger partial charge in [-0.05, 0) is 68.6 Å². The van der Waals surface area contributed by atoms with E-state index in [4.69, 9.17) is 4.74 Å². The highest BCUT2D eigenvalue weighted by molar-refractivity contribution is 8.01. The van der Waals surface area contributed by atoms with Crippen molar-refractivity contribution in [3.63, 3.8) is 0 Å². The summed E-state index contributed by atoms with van der Waals surface area (Å²) in [7, 11) is 3.97. The van der Waals surface area contributed by atoms with Gasteiger partial charge in [-0.15, -0.1) is 11.8 Å². The van der Waals surface area contributed by atoms with Gasteiger partial charge in [0, 0.05) is 18.0 Å². The van der Waals surface area contributed by atoms with Crippen LogP contribution in [0.1, 0.15) is 36.5 Å². The Kier molecular flexibility index (Phi) is 4.62. The van der Waals surface area contributed by atoms with Gasteiger partial charge in [0.25, 0.3) is 0 Å². The van der Waals surface area contributed by atoms with E-state index in [1.54, 1.807) is 18.3 Å². The fraction of sp³-hybridized carbons (Fsp3) is 0.391. The SMILES string of the molecule is COc1cccc([C@@]2(C)Sc3ccc(C)cc3C2=C2CCN(C)CC2)c1. The molecule has 0 radical (unpaired) electrons. The predicted octanol–water partition coefficient (Wildman–Crippen LogP) is 5.50. The minimum Gasteiger partial charge on any atom is -0.497 e. The normalized spacial score (nSPS) is 23.2. The number of thioether (sulfide) groups is 1. The highest BCUT2D eigenvalue weighted by Gasteiger charge is 2.42. The molecule has 0 unspecified atom stereocenters. The number of methoxy groups -OCH3 is 1. The third-order valence-electron chi connectivity index (χ3n) is 5.76. The van der Waals surface area contributed by atoms with Gasteiger partial charge in [-0.3, -0.25) is 0 Å². The lowest BCUT2D eigenvalue weighted by molar-refractivity contribution is 0.312. The number of hydrogen-bond donors (Lipinski definition) is 0. The number of nitrogens with zero attached hydrogens (tertiary/aromatic N) is 1. The molecule has 2 heterocycles. The number of fused-ring (bicyclic) bond motifs is 1. The van der Waals surface area contributed by atoms with E-state index in [1.165, 1.54) is 34.4 Å². The molecule has 3 heteroatoms. The molecule has 26 heavy (non-hydrogen) atoms. The molecule has 0 aliphatic carbocycles. The first-order valence-electron chi connectivity index (χ1n) is 9.37. The summed E-state index contributed by atoms with van der Waals surface area (Å²) < 4.78 is 5.46. The van der Waals surface area contributed by atoms with Gasteiger partial charge in [0.15, 0.2) is 0 Å². The Bertz CT molecular complexity index is 862. The Morgan fingerprint density at radius 3 is 2.58 bits per heavy atom. The molecule has 0 bridgehead atoms. The van der Waals surface area contributed by atoms with Gasteiger partial charge in [-0.2, -0.15) is 0 Å². The highest BCUT2D eigenvalue weighted by Crippen LogP contribution is 2.60. The lowest BCUT2D eigenvalue weighted by atomic mass is 9.81. The minimum absolute atomic E-state index is 0.0596. The first kappa shape index (κ1) is 17.7. The molecular formula is C23H27NOS. The topological polar surface area (TPSA) is 12.5 Å². The van der Waals surface area contributed by atoms with Crippen molar-refractivity contribution in [1.82, 2.24) is 4.90 Å². The Balaban J connectivity index is 1.89. The van der Waals surface area contributed by atoms with Crippen molar-refractivity contribution in [2.24, 2.45) is 0 Å². The number of ether oxygens (including phenoxy) is 1. The molecule has 0 aromatic heterocycles. The van der Waals surface area contributed by atoms with Crippen LogP contribution in [0.5, 0.6) is 5.75 Å². The fourth-order valence-electron chi connectivity index (χ4n) is 4.25. The Morgan fingerprint density at radius 2 is 1.85 bits per heavy atom. The maximum Gasteiger partial charge on any atom is 0.119 e. The maximum absolute atomic E-state index is 5.52. The molecule has 1 saturated heterocycles. The second-order valence-electron chi connectivity index (χ2n) is 7.65. The van der Waals surface area contributed by atoms with Crippen molar-refractivity contribution in [1.29, 1.82) is 0 Å². The van der Waals surface area contributed by atoms with Gasteiger partial charge >= 0.3 is 0 Å². The Hall–Kier alpha value is -1.71. The lowest BCUT2D eigenvalue weighted by Gasteiger charge is -2.32. The molecule has 2 nitrogen and oxygen atoms in total. The van der Waals surface area contributed by atoms with Crippen LogP contribution < -0.4 is 4.74 Å². The summed E-state index contributed by atoms with van der Waals surface area (Å²) in [4.78, 5) is 3.84. The molecule has 1 atom stereocenters. The van der Waals surface area contributed by atoms with E-state index in [1.807, 2.05) is 17.8 Å². The van der Waals surface area contributed by atoms with Crippen LogP contribution in [0.25, 0.3) is 5.57 Å². The van der Waals surface area contributed by atoms with Crippen molar-refractivity contribution in [2.75, 3.05) is 27.2 Å². The van der Waals surface area contributed by atoms with Crippen molar-refractivity contribution in [3.05, 3.63) is 64.7 Å². The zero-order valence-electron chi connectivity index (χ0n) is 16.1. The molecule has 0 saturated carbocycles. The van der Waals surface area contributed by atoms with Crippen molar-refractivity contribution >= 4 is 17.3 Å². The average molecular weight is 366 g/mol. The van der Waals surface area contributed by atoms with E-state index >= 15 is 0 Å². The molecule has 1 fully saturated rings. The number of benzene rings is 2. The smallest absolute Gasteiger partial charge is 0.119 e. The van der Waals surface area contributed by atoms with Crippen LogP contribution in [0.3, 0.4) is 0 Å². The number of hydrogen-bond acceptors (Lipinski definition) is 3. The van der Waals surface area contributed by atoms with Crippen LogP contribution in [0.4, 0.5) is 0 Å². The number of piperidine rings is 1. The molecular weight excluding hydrogens is 338 g/mol. The van der Waals surface area contributed by atoms with Crippen LogP contribution in [-0.2, 0) is 4.75 Å². The van der Waals surface area contributed by atoms with Gasteiger partial charge in [-0.1, -0.05) is 35.4 Å². The van der Waals surface area contributed by atoms with E-state index in [-0.39, 0.29) is 4.75 Å².